The van der Waals surface area contributed by atoms with Crippen LogP contribution in [0.3, 0.4) is 0 Å². The number of benzene rings is 7. The number of rotatable bonds is 7. The highest BCUT2D eigenvalue weighted by atomic mass is 19.3. The molecule has 6 heteroatoms. The van der Waals surface area contributed by atoms with Crippen LogP contribution >= 0.6 is 0 Å². The summed E-state index contributed by atoms with van der Waals surface area (Å²) < 4.78 is 195. The molecule has 2 aromatic heterocycles. The maximum Gasteiger partial charge on any atom is 0.298 e. The van der Waals surface area contributed by atoms with E-state index in [4.69, 9.17) is 21.9 Å². The van der Waals surface area contributed by atoms with E-state index in [1.54, 1.807) is 12.1 Å². The Balaban J connectivity index is 1.20. The van der Waals surface area contributed by atoms with Gasteiger partial charge in [0.25, 0.3) is 5.92 Å². The van der Waals surface area contributed by atoms with Crippen molar-refractivity contribution in [2.24, 2.45) is 0 Å². The molecule has 0 aliphatic carbocycles. The zero-order chi connectivity index (χ0) is 56.0. The summed E-state index contributed by atoms with van der Waals surface area (Å²) in [4.78, 5) is 7.15. The molecule has 0 amide bonds. The average Bonchev–Trinajstić information content (AvgIpc) is 4.10. The minimum Gasteiger partial charge on any atom is -0.321 e. The second-order valence-electron chi connectivity index (χ2n) is 15.0. The first-order chi connectivity index (χ1) is 36.1. The molecule has 1 aliphatic heterocycles. The molecule has 0 atom stereocenters. The Morgan fingerprint density at radius 3 is 1.86 bits per heavy atom. The lowest BCUT2D eigenvalue weighted by atomic mass is 9.88. The van der Waals surface area contributed by atoms with E-state index in [0.29, 0.717) is 0 Å². The fraction of sp³-hybridized carbons (Fsp3) is 0.113. The zero-order valence-electron chi connectivity index (χ0n) is 49.8. The van der Waals surface area contributed by atoms with Crippen LogP contribution in [0.5, 0.6) is 0 Å². The summed E-state index contributed by atoms with van der Waals surface area (Å²) >= 11 is 0. The second kappa shape index (κ2) is 14.1. The predicted molar refractivity (Wildman–Crippen MR) is 240 cm³/mol. The molecule has 0 saturated heterocycles. The third-order valence-electron chi connectivity index (χ3n) is 10.4. The van der Waals surface area contributed by atoms with Gasteiger partial charge in [-0.3, -0.25) is 4.57 Å². The van der Waals surface area contributed by atoms with E-state index in [9.17, 15) is 2.74 Å². The van der Waals surface area contributed by atoms with Crippen molar-refractivity contribution in [2.75, 3.05) is 16.5 Å². The van der Waals surface area contributed by atoms with Gasteiger partial charge in [-0.25, -0.2) is 4.98 Å². The van der Waals surface area contributed by atoms with Crippen molar-refractivity contribution in [3.8, 4) is 28.1 Å². The first kappa shape index (κ1) is 21.6. The summed E-state index contributed by atoms with van der Waals surface area (Å²) in [6.07, 6.45) is 1.53. The Morgan fingerprint density at radius 2 is 1.17 bits per heavy atom. The van der Waals surface area contributed by atoms with Crippen molar-refractivity contribution in [3.63, 3.8) is 0 Å². The number of nitrogens with zero attached hydrogens (tertiary/aromatic N) is 4. The second-order valence-corrected chi connectivity index (χ2v) is 15.0. The fourth-order valence-corrected chi connectivity index (χ4v) is 7.57. The molecular formula is C53H42F2N4. The van der Waals surface area contributed by atoms with Crippen LogP contribution in [0.25, 0.3) is 49.9 Å². The zero-order valence-corrected chi connectivity index (χ0v) is 31.8. The number of halogens is 2. The summed E-state index contributed by atoms with van der Waals surface area (Å²) in [5.74, 6) is -3.64. The molecule has 59 heavy (non-hydrogen) atoms. The Kier molecular flexibility index (Phi) is 5.17. The minimum absolute atomic E-state index is 0.0247. The number of alkyl halides is 2. The Morgan fingerprint density at radius 1 is 0.559 bits per heavy atom. The SMILES string of the molecule is [2H]c1c([2H])c([2H])c(-c2cccc(-c3c([2H])c([2H])c([2H])c([2H])c3[2H])c2N2CN(c3cccc(C(F)(F)c4ccc5c6c([2H])c([2H])c([2H])c([2H])c6n(-c6cc(C(C)(C)C)ccn6)c5c4)c3)c3c([2H])c([2H])c([2H])c([2H])c32)c([2H])c1[2H]. The highest BCUT2D eigenvalue weighted by Gasteiger charge is 2.37. The molecule has 0 N–H and O–H groups in total. The van der Waals surface area contributed by atoms with E-state index < -0.39 is 143 Å². The van der Waals surface area contributed by atoms with Crippen molar-refractivity contribution < 1.29 is 33.5 Å². The van der Waals surface area contributed by atoms with E-state index in [1.807, 2.05) is 20.8 Å². The molecule has 0 saturated carbocycles. The van der Waals surface area contributed by atoms with Crippen LogP contribution in [0.2, 0.25) is 0 Å². The van der Waals surface area contributed by atoms with Gasteiger partial charge < -0.3 is 9.80 Å². The summed E-state index contributed by atoms with van der Waals surface area (Å²) in [6.45, 7) is 5.35. The number of anilines is 4. The van der Waals surface area contributed by atoms with Gasteiger partial charge in [0.2, 0.25) is 0 Å². The summed E-state index contributed by atoms with van der Waals surface area (Å²) in [5.41, 5.74) is -2.49. The Labute approximate surface area is 368 Å². The molecule has 1 aliphatic rings. The normalized spacial score (nSPS) is 17.3. The number of aromatic nitrogens is 2. The number of hydrogen-bond acceptors (Lipinski definition) is 3. The third kappa shape index (κ3) is 6.23. The Hall–Kier alpha value is -7.05. The molecule has 0 fully saturated rings. The first-order valence-electron chi connectivity index (χ1n) is 27.6. The van der Waals surface area contributed by atoms with Gasteiger partial charge in [0.05, 0.1) is 52.8 Å². The number of fused-ring (bicyclic) bond motifs is 4. The smallest absolute Gasteiger partial charge is 0.298 e. The van der Waals surface area contributed by atoms with Crippen molar-refractivity contribution >= 4 is 44.6 Å². The van der Waals surface area contributed by atoms with Crippen molar-refractivity contribution in [1.82, 2.24) is 9.55 Å². The molecule has 4 nitrogen and oxygen atoms in total. The van der Waals surface area contributed by atoms with E-state index in [1.165, 1.54) is 63.0 Å². The molecule has 0 spiro atoms. The molecule has 3 heterocycles. The van der Waals surface area contributed by atoms with Crippen LogP contribution in [-0.2, 0) is 11.3 Å². The monoisotopic (exact) mass is 790 g/mol. The lowest BCUT2D eigenvalue weighted by Gasteiger charge is -2.27. The lowest BCUT2D eigenvalue weighted by molar-refractivity contribution is 0.0430. The van der Waals surface area contributed by atoms with Gasteiger partial charge in [-0.1, -0.05) is 154 Å². The van der Waals surface area contributed by atoms with Crippen LogP contribution in [0.1, 0.15) is 62.1 Å². The van der Waals surface area contributed by atoms with Gasteiger partial charge in [-0.2, -0.15) is 8.78 Å². The molecule has 9 aromatic rings. The van der Waals surface area contributed by atoms with Gasteiger partial charge in [0.1, 0.15) is 12.5 Å². The molecule has 10 rings (SSSR count). The quantitative estimate of drug-likeness (QED) is 0.161. The topological polar surface area (TPSA) is 24.3 Å². The third-order valence-corrected chi connectivity index (χ3v) is 10.4. The van der Waals surface area contributed by atoms with Crippen LogP contribution in [-0.4, -0.2) is 16.2 Å². The van der Waals surface area contributed by atoms with Crippen LogP contribution in [0.4, 0.5) is 31.5 Å². The standard InChI is InChI=1S/C53H42F2N4/c1-52(2,3)38-30-31-56-50(34-38)59-46-25-11-10-22-44(46)45-29-28-40(33-49(45)59)53(54,55)39-20-14-21-41(32-39)57-35-58(48-27-13-12-26-47(48)57)51-42(36-16-6-4-7-17-36)23-15-24-43(51)37-18-8-5-9-19-37/h4-34H,35H2,1-3H3/i4D,5D,6D,7D,8D,9D,10D,11D,12D,13D,16D,17D,18D,19D,22D,25D,26D,27D. The minimum atomic E-state index is -3.86. The maximum atomic E-state index is 17.6. The van der Waals surface area contributed by atoms with Crippen LogP contribution < -0.4 is 9.80 Å². The molecule has 288 valence electrons. The molecule has 7 aromatic carbocycles. The summed E-state index contributed by atoms with van der Waals surface area (Å²) in [6, 6.07) is 4.64. The van der Waals surface area contributed by atoms with Gasteiger partial charge >= 0.3 is 0 Å². The average molecular weight is 791 g/mol. The van der Waals surface area contributed by atoms with Gasteiger partial charge in [0.15, 0.2) is 0 Å². The van der Waals surface area contributed by atoms with E-state index >= 15 is 8.78 Å². The highest BCUT2D eigenvalue weighted by Crippen LogP contribution is 2.50. The van der Waals surface area contributed by atoms with Crippen molar-refractivity contribution in [3.05, 3.63) is 204 Å². The number of pyridine rings is 1. The summed E-state index contributed by atoms with van der Waals surface area (Å²) in [7, 11) is 0. The van der Waals surface area contributed by atoms with Crippen molar-refractivity contribution in [1.29, 1.82) is 0 Å². The largest absolute Gasteiger partial charge is 0.321 e. The van der Waals surface area contributed by atoms with Gasteiger partial charge in [-0.05, 0) is 70.6 Å². The molecule has 0 bridgehead atoms. The molecular weight excluding hydrogens is 731 g/mol. The van der Waals surface area contributed by atoms with E-state index in [2.05, 4.69) is 4.98 Å². The highest BCUT2D eigenvalue weighted by molar-refractivity contribution is 6.09. The van der Waals surface area contributed by atoms with E-state index in [0.717, 1.165) is 23.8 Å². The lowest BCUT2D eigenvalue weighted by Crippen LogP contribution is -2.25. The number of hydrogen-bond donors (Lipinski definition) is 0. The van der Waals surface area contributed by atoms with Gasteiger partial charge in [0, 0.05) is 44.9 Å². The maximum absolute atomic E-state index is 17.6. The van der Waals surface area contributed by atoms with Crippen LogP contribution in [0.15, 0.2) is 188 Å². The summed E-state index contributed by atoms with van der Waals surface area (Å²) in [5, 5.41) is 0.341. The van der Waals surface area contributed by atoms with E-state index in [-0.39, 0.29) is 67.5 Å². The molecule has 0 radical (unpaired) electrons. The predicted octanol–water partition coefficient (Wildman–Crippen LogP) is 14.2. The first-order valence-corrected chi connectivity index (χ1v) is 18.6. The van der Waals surface area contributed by atoms with Crippen LogP contribution in [0, 0.1) is 0 Å². The Bertz CT molecular complexity index is 3920. The van der Waals surface area contributed by atoms with Gasteiger partial charge in [-0.15, -0.1) is 0 Å². The van der Waals surface area contributed by atoms with Crippen molar-refractivity contribution in [2.45, 2.75) is 32.1 Å². The fourth-order valence-electron chi connectivity index (χ4n) is 7.57. The molecule has 0 unspecified atom stereocenters. The number of para-hydroxylation sites is 4.